The predicted molar refractivity (Wildman–Crippen MR) is 74.8 cm³/mol. The second-order valence-electron chi connectivity index (χ2n) is 4.92. The Bertz CT molecular complexity index is 395. The first-order valence-corrected chi connectivity index (χ1v) is 7.12. The van der Waals surface area contributed by atoms with E-state index in [1.807, 2.05) is 29.2 Å². The Morgan fingerprint density at radius 1 is 1.28 bits per heavy atom. The van der Waals surface area contributed by atoms with Crippen molar-refractivity contribution in [1.29, 1.82) is 0 Å². The second-order valence-corrected chi connectivity index (χ2v) is 5.36. The first-order valence-electron chi connectivity index (χ1n) is 6.74. The van der Waals surface area contributed by atoms with E-state index in [0.29, 0.717) is 17.5 Å². The highest BCUT2D eigenvalue weighted by Crippen LogP contribution is 2.24. The van der Waals surface area contributed by atoms with E-state index < -0.39 is 0 Å². The fraction of sp³-hybridized carbons (Fsp3) is 0.533. The van der Waals surface area contributed by atoms with Crippen LogP contribution in [0.1, 0.15) is 38.2 Å². The fourth-order valence-electron chi connectivity index (χ4n) is 2.73. The molecule has 1 fully saturated rings. The summed E-state index contributed by atoms with van der Waals surface area (Å²) in [4.78, 5) is 14.4. The molecule has 0 bridgehead atoms. The Balaban J connectivity index is 1.98. The lowest BCUT2D eigenvalue weighted by Gasteiger charge is -2.27. The summed E-state index contributed by atoms with van der Waals surface area (Å²) in [5.41, 5.74) is 1.04. The van der Waals surface area contributed by atoms with E-state index in [2.05, 4.69) is 6.92 Å². The van der Waals surface area contributed by atoms with E-state index in [1.165, 1.54) is 25.7 Å². The molecule has 1 aliphatic rings. The van der Waals surface area contributed by atoms with Crippen molar-refractivity contribution in [2.45, 2.75) is 45.1 Å². The number of carbonyl (C=O) groups is 1. The van der Waals surface area contributed by atoms with Crippen LogP contribution in [0, 0.1) is 0 Å². The van der Waals surface area contributed by atoms with Crippen LogP contribution in [0.3, 0.4) is 0 Å². The standard InChI is InChI=1S/C15H20ClNO/c1-2-17(14-5-3-4-6-14)15(18)11-12-7-9-13(16)10-8-12/h7-10,14H,2-6,11H2,1H3. The van der Waals surface area contributed by atoms with Crippen molar-refractivity contribution in [1.82, 2.24) is 4.90 Å². The summed E-state index contributed by atoms with van der Waals surface area (Å²) in [5.74, 6) is 0.242. The third kappa shape index (κ3) is 3.26. The van der Waals surface area contributed by atoms with Gasteiger partial charge in [-0.25, -0.2) is 0 Å². The predicted octanol–water partition coefficient (Wildman–Crippen LogP) is 3.67. The van der Waals surface area contributed by atoms with Gasteiger partial charge in [0.25, 0.3) is 0 Å². The van der Waals surface area contributed by atoms with Crippen molar-refractivity contribution in [2.75, 3.05) is 6.54 Å². The van der Waals surface area contributed by atoms with Crippen molar-refractivity contribution >= 4 is 17.5 Å². The Kier molecular flexibility index (Phi) is 4.65. The number of halogens is 1. The van der Waals surface area contributed by atoms with Gasteiger partial charge >= 0.3 is 0 Å². The van der Waals surface area contributed by atoms with Crippen molar-refractivity contribution in [3.63, 3.8) is 0 Å². The second kappa shape index (κ2) is 6.24. The molecule has 0 aliphatic heterocycles. The lowest BCUT2D eigenvalue weighted by Crippen LogP contribution is -2.39. The number of likely N-dealkylation sites (N-methyl/N-ethyl adjacent to an activating group) is 1. The van der Waals surface area contributed by atoms with E-state index in [9.17, 15) is 4.79 Å². The molecule has 2 nitrogen and oxygen atoms in total. The van der Waals surface area contributed by atoms with Crippen molar-refractivity contribution in [2.24, 2.45) is 0 Å². The van der Waals surface area contributed by atoms with E-state index in [1.54, 1.807) is 0 Å². The van der Waals surface area contributed by atoms with Crippen LogP contribution in [-0.4, -0.2) is 23.4 Å². The van der Waals surface area contributed by atoms with Crippen LogP contribution < -0.4 is 0 Å². The maximum atomic E-state index is 12.3. The highest BCUT2D eigenvalue weighted by molar-refractivity contribution is 6.30. The molecular formula is C15H20ClNO. The zero-order chi connectivity index (χ0) is 13.0. The molecule has 1 aromatic carbocycles. The average Bonchev–Trinajstić information content (AvgIpc) is 2.87. The van der Waals surface area contributed by atoms with Gasteiger partial charge in [0.1, 0.15) is 0 Å². The minimum absolute atomic E-state index is 0.242. The van der Waals surface area contributed by atoms with Gasteiger partial charge < -0.3 is 4.90 Å². The lowest BCUT2D eigenvalue weighted by atomic mass is 10.1. The minimum Gasteiger partial charge on any atom is -0.340 e. The quantitative estimate of drug-likeness (QED) is 0.813. The fourth-order valence-corrected chi connectivity index (χ4v) is 2.86. The van der Waals surface area contributed by atoms with Gasteiger partial charge in [-0.15, -0.1) is 0 Å². The molecule has 0 spiro atoms. The molecule has 2 rings (SSSR count). The zero-order valence-electron chi connectivity index (χ0n) is 10.9. The van der Waals surface area contributed by atoms with E-state index in [4.69, 9.17) is 11.6 Å². The molecular weight excluding hydrogens is 246 g/mol. The number of rotatable bonds is 4. The molecule has 1 aromatic rings. The Morgan fingerprint density at radius 3 is 2.44 bits per heavy atom. The number of carbonyl (C=O) groups excluding carboxylic acids is 1. The Labute approximate surface area is 114 Å². The smallest absolute Gasteiger partial charge is 0.227 e. The molecule has 3 heteroatoms. The molecule has 18 heavy (non-hydrogen) atoms. The van der Waals surface area contributed by atoms with Gasteiger partial charge in [0, 0.05) is 17.6 Å². The molecule has 0 saturated heterocycles. The topological polar surface area (TPSA) is 20.3 Å². The first-order chi connectivity index (χ1) is 8.70. The van der Waals surface area contributed by atoms with Crippen LogP contribution in [-0.2, 0) is 11.2 Å². The molecule has 0 atom stereocenters. The number of nitrogens with zero attached hydrogens (tertiary/aromatic N) is 1. The number of amides is 1. The zero-order valence-corrected chi connectivity index (χ0v) is 11.6. The van der Waals surface area contributed by atoms with Crippen LogP contribution in [0.5, 0.6) is 0 Å². The lowest BCUT2D eigenvalue weighted by molar-refractivity contribution is -0.132. The summed E-state index contributed by atoms with van der Waals surface area (Å²) >= 11 is 5.85. The largest absolute Gasteiger partial charge is 0.340 e. The summed E-state index contributed by atoms with van der Waals surface area (Å²) in [5, 5.41) is 0.717. The maximum absolute atomic E-state index is 12.3. The number of benzene rings is 1. The summed E-state index contributed by atoms with van der Waals surface area (Å²) in [6.07, 6.45) is 5.34. The van der Waals surface area contributed by atoms with Gasteiger partial charge in [-0.05, 0) is 37.5 Å². The summed E-state index contributed by atoms with van der Waals surface area (Å²) in [7, 11) is 0. The van der Waals surface area contributed by atoms with E-state index in [0.717, 1.165) is 12.1 Å². The summed E-state index contributed by atoms with van der Waals surface area (Å²) in [6.45, 7) is 2.88. The van der Waals surface area contributed by atoms with Crippen LogP contribution in [0.2, 0.25) is 5.02 Å². The van der Waals surface area contributed by atoms with Crippen molar-refractivity contribution < 1.29 is 4.79 Å². The summed E-state index contributed by atoms with van der Waals surface area (Å²) < 4.78 is 0. The molecule has 0 N–H and O–H groups in total. The van der Waals surface area contributed by atoms with E-state index >= 15 is 0 Å². The third-order valence-electron chi connectivity index (χ3n) is 3.70. The van der Waals surface area contributed by atoms with Gasteiger partial charge in [0.2, 0.25) is 5.91 Å². The molecule has 0 radical (unpaired) electrons. The normalized spacial score (nSPS) is 15.9. The SMILES string of the molecule is CCN(C(=O)Cc1ccc(Cl)cc1)C1CCCC1. The highest BCUT2D eigenvalue weighted by atomic mass is 35.5. The van der Waals surface area contributed by atoms with Crippen LogP contribution in [0.4, 0.5) is 0 Å². The molecule has 0 unspecified atom stereocenters. The molecule has 1 amide bonds. The Morgan fingerprint density at radius 2 is 1.89 bits per heavy atom. The van der Waals surface area contributed by atoms with Crippen molar-refractivity contribution in [3.05, 3.63) is 34.9 Å². The van der Waals surface area contributed by atoms with Gasteiger partial charge in [-0.2, -0.15) is 0 Å². The first kappa shape index (κ1) is 13.4. The van der Waals surface area contributed by atoms with Crippen LogP contribution in [0.25, 0.3) is 0 Å². The number of hydrogen-bond acceptors (Lipinski definition) is 1. The third-order valence-corrected chi connectivity index (χ3v) is 3.95. The molecule has 0 aromatic heterocycles. The molecule has 1 saturated carbocycles. The van der Waals surface area contributed by atoms with E-state index in [-0.39, 0.29) is 5.91 Å². The molecule has 1 aliphatic carbocycles. The number of hydrogen-bond donors (Lipinski definition) is 0. The minimum atomic E-state index is 0.242. The monoisotopic (exact) mass is 265 g/mol. The molecule has 98 valence electrons. The maximum Gasteiger partial charge on any atom is 0.227 e. The average molecular weight is 266 g/mol. The summed E-state index contributed by atoms with van der Waals surface area (Å²) in [6, 6.07) is 8.02. The van der Waals surface area contributed by atoms with Crippen molar-refractivity contribution in [3.8, 4) is 0 Å². The van der Waals surface area contributed by atoms with Crippen LogP contribution in [0.15, 0.2) is 24.3 Å². The molecule has 0 heterocycles. The van der Waals surface area contributed by atoms with Crippen LogP contribution >= 0.6 is 11.6 Å². The Hall–Kier alpha value is -1.02. The highest BCUT2D eigenvalue weighted by Gasteiger charge is 2.25. The van der Waals surface area contributed by atoms with Gasteiger partial charge in [-0.1, -0.05) is 36.6 Å². The van der Waals surface area contributed by atoms with Gasteiger partial charge in [0.05, 0.1) is 6.42 Å². The van der Waals surface area contributed by atoms with Gasteiger partial charge in [0.15, 0.2) is 0 Å². The van der Waals surface area contributed by atoms with Gasteiger partial charge in [-0.3, -0.25) is 4.79 Å².